The zero-order valence-corrected chi connectivity index (χ0v) is 14.1. The first-order valence-corrected chi connectivity index (χ1v) is 8.79. The fourth-order valence-corrected chi connectivity index (χ4v) is 3.61. The molecule has 2 aliphatic heterocycles. The minimum Gasteiger partial charge on any atom is -0.374 e. The van der Waals surface area contributed by atoms with E-state index in [1.165, 1.54) is 11.3 Å². The highest BCUT2D eigenvalue weighted by molar-refractivity contribution is 7.13. The molecular formula is C15H22N4O3S. The lowest BCUT2D eigenvalue weighted by Gasteiger charge is -2.33. The number of hydrogen-bond donors (Lipinski definition) is 0. The Kier molecular flexibility index (Phi) is 5.24. The number of carbonyl (C=O) groups is 2. The zero-order valence-electron chi connectivity index (χ0n) is 13.3. The number of hydrogen-bond acceptors (Lipinski definition) is 6. The Labute approximate surface area is 139 Å². The minimum atomic E-state index is -0.0907. The Morgan fingerprint density at radius 1 is 1.52 bits per heavy atom. The standard InChI is InChI=1S/C15H22N4O3S/c1-17-6-7-22-12(9-17)10-19(15-16-4-8-23-15)14(21)11-18-5-2-3-13(18)20/h4,8,12H,2-3,5-7,9-11H2,1H3/t12-/m0/s1. The summed E-state index contributed by atoms with van der Waals surface area (Å²) in [6, 6.07) is 0. The molecular weight excluding hydrogens is 316 g/mol. The number of morpholine rings is 1. The summed E-state index contributed by atoms with van der Waals surface area (Å²) in [5.41, 5.74) is 0. The van der Waals surface area contributed by atoms with Crippen molar-refractivity contribution in [3.05, 3.63) is 11.6 Å². The first kappa shape index (κ1) is 16.4. The predicted molar refractivity (Wildman–Crippen MR) is 87.5 cm³/mol. The molecule has 0 saturated carbocycles. The van der Waals surface area contributed by atoms with Gasteiger partial charge in [0.2, 0.25) is 11.8 Å². The van der Waals surface area contributed by atoms with Gasteiger partial charge in [0.15, 0.2) is 5.13 Å². The van der Waals surface area contributed by atoms with E-state index in [1.807, 2.05) is 12.4 Å². The molecule has 2 fully saturated rings. The van der Waals surface area contributed by atoms with Crippen LogP contribution in [0.15, 0.2) is 11.6 Å². The van der Waals surface area contributed by atoms with Gasteiger partial charge in [0.05, 0.1) is 19.3 Å². The van der Waals surface area contributed by atoms with E-state index in [0.717, 1.165) is 19.5 Å². The first-order valence-electron chi connectivity index (χ1n) is 7.91. The molecule has 0 unspecified atom stereocenters. The van der Waals surface area contributed by atoms with Crippen LogP contribution in [0.25, 0.3) is 0 Å². The third-order valence-electron chi connectivity index (χ3n) is 4.18. The number of likely N-dealkylation sites (tertiary alicyclic amines) is 1. The Balaban J connectivity index is 1.68. The summed E-state index contributed by atoms with van der Waals surface area (Å²) >= 11 is 1.43. The number of aromatic nitrogens is 1. The largest absolute Gasteiger partial charge is 0.374 e. The van der Waals surface area contributed by atoms with Gasteiger partial charge in [-0.3, -0.25) is 14.5 Å². The van der Waals surface area contributed by atoms with E-state index in [4.69, 9.17) is 4.74 Å². The minimum absolute atomic E-state index is 0.0316. The Bertz CT molecular complexity index is 551. The SMILES string of the molecule is CN1CCO[C@H](CN(C(=O)CN2CCCC2=O)c2nccs2)C1. The summed E-state index contributed by atoms with van der Waals surface area (Å²) in [4.78, 5) is 34.3. The van der Waals surface area contributed by atoms with Crippen molar-refractivity contribution in [3.63, 3.8) is 0 Å². The van der Waals surface area contributed by atoms with Gasteiger partial charge in [-0.25, -0.2) is 4.98 Å². The van der Waals surface area contributed by atoms with Gasteiger partial charge in [-0.2, -0.15) is 0 Å². The number of carbonyl (C=O) groups excluding carboxylic acids is 2. The average Bonchev–Trinajstić information content (AvgIpc) is 3.17. The Morgan fingerprint density at radius 2 is 2.39 bits per heavy atom. The number of ether oxygens (including phenoxy) is 1. The third kappa shape index (κ3) is 4.07. The summed E-state index contributed by atoms with van der Waals surface area (Å²) in [6.07, 6.45) is 3.03. The van der Waals surface area contributed by atoms with Crippen molar-refractivity contribution >= 4 is 28.3 Å². The van der Waals surface area contributed by atoms with Crippen LogP contribution in [0.5, 0.6) is 0 Å². The lowest BCUT2D eigenvalue weighted by Crippen LogP contribution is -2.49. The molecule has 23 heavy (non-hydrogen) atoms. The van der Waals surface area contributed by atoms with E-state index in [-0.39, 0.29) is 24.5 Å². The molecule has 0 spiro atoms. The second-order valence-corrected chi connectivity index (χ2v) is 6.87. The maximum absolute atomic E-state index is 12.7. The molecule has 2 amide bonds. The molecule has 2 saturated heterocycles. The Morgan fingerprint density at radius 3 is 3.04 bits per heavy atom. The zero-order chi connectivity index (χ0) is 16.2. The van der Waals surface area contributed by atoms with Crippen molar-refractivity contribution in [2.45, 2.75) is 18.9 Å². The maximum atomic E-state index is 12.7. The van der Waals surface area contributed by atoms with E-state index in [0.29, 0.717) is 31.2 Å². The van der Waals surface area contributed by atoms with Gasteiger partial charge in [0.25, 0.3) is 0 Å². The fourth-order valence-electron chi connectivity index (χ4n) is 2.94. The highest BCUT2D eigenvalue weighted by atomic mass is 32.1. The number of likely N-dealkylation sites (N-methyl/N-ethyl adjacent to an activating group) is 1. The highest BCUT2D eigenvalue weighted by Gasteiger charge is 2.29. The molecule has 0 aromatic carbocycles. The second-order valence-electron chi connectivity index (χ2n) is 5.99. The number of nitrogens with zero attached hydrogens (tertiary/aromatic N) is 4. The van der Waals surface area contributed by atoms with Crippen molar-refractivity contribution in [3.8, 4) is 0 Å². The smallest absolute Gasteiger partial charge is 0.248 e. The van der Waals surface area contributed by atoms with Gasteiger partial charge >= 0.3 is 0 Å². The molecule has 1 aromatic rings. The van der Waals surface area contributed by atoms with Gasteiger partial charge in [-0.15, -0.1) is 11.3 Å². The normalized spacial score (nSPS) is 22.6. The highest BCUT2D eigenvalue weighted by Crippen LogP contribution is 2.20. The topological polar surface area (TPSA) is 66.0 Å². The summed E-state index contributed by atoms with van der Waals surface area (Å²) in [5, 5.41) is 2.52. The van der Waals surface area contributed by atoms with E-state index in [9.17, 15) is 9.59 Å². The summed E-state index contributed by atoms with van der Waals surface area (Å²) in [7, 11) is 2.05. The molecule has 3 rings (SSSR count). The van der Waals surface area contributed by atoms with E-state index >= 15 is 0 Å². The van der Waals surface area contributed by atoms with Crippen molar-refractivity contribution in [1.29, 1.82) is 0 Å². The molecule has 0 bridgehead atoms. The molecule has 0 N–H and O–H groups in total. The number of anilines is 1. The van der Waals surface area contributed by atoms with Gasteiger partial charge in [-0.1, -0.05) is 0 Å². The van der Waals surface area contributed by atoms with E-state index in [1.54, 1.807) is 16.0 Å². The molecule has 0 aliphatic carbocycles. The van der Waals surface area contributed by atoms with Crippen LogP contribution >= 0.6 is 11.3 Å². The summed E-state index contributed by atoms with van der Waals surface area (Å²) in [5.74, 6) is -0.0295. The summed E-state index contributed by atoms with van der Waals surface area (Å²) in [6.45, 7) is 3.63. The number of amides is 2. The molecule has 1 aromatic heterocycles. The second kappa shape index (κ2) is 7.37. The van der Waals surface area contributed by atoms with Crippen LogP contribution in [-0.4, -0.2) is 79.1 Å². The monoisotopic (exact) mass is 338 g/mol. The number of thiazole rings is 1. The molecule has 7 nitrogen and oxygen atoms in total. The van der Waals surface area contributed by atoms with E-state index < -0.39 is 0 Å². The summed E-state index contributed by atoms with van der Waals surface area (Å²) < 4.78 is 5.78. The quantitative estimate of drug-likeness (QED) is 0.779. The van der Waals surface area contributed by atoms with Crippen LogP contribution in [0, 0.1) is 0 Å². The van der Waals surface area contributed by atoms with Crippen LogP contribution in [0.1, 0.15) is 12.8 Å². The van der Waals surface area contributed by atoms with Gasteiger partial charge < -0.3 is 14.5 Å². The van der Waals surface area contributed by atoms with Crippen LogP contribution < -0.4 is 4.90 Å². The van der Waals surface area contributed by atoms with Crippen LogP contribution in [0.3, 0.4) is 0 Å². The molecule has 2 aliphatic rings. The predicted octanol–water partition coefficient (Wildman–Crippen LogP) is 0.429. The third-order valence-corrected chi connectivity index (χ3v) is 4.97. The molecule has 126 valence electrons. The molecule has 0 radical (unpaired) electrons. The van der Waals surface area contributed by atoms with Crippen molar-refractivity contribution in [1.82, 2.24) is 14.8 Å². The van der Waals surface area contributed by atoms with Crippen molar-refractivity contribution < 1.29 is 14.3 Å². The van der Waals surface area contributed by atoms with Gasteiger partial charge in [-0.05, 0) is 13.5 Å². The molecule has 8 heteroatoms. The molecule has 3 heterocycles. The Hall–Kier alpha value is -1.51. The maximum Gasteiger partial charge on any atom is 0.248 e. The van der Waals surface area contributed by atoms with Crippen LogP contribution in [-0.2, 0) is 14.3 Å². The first-order chi connectivity index (χ1) is 11.1. The van der Waals surface area contributed by atoms with E-state index in [2.05, 4.69) is 9.88 Å². The van der Waals surface area contributed by atoms with Crippen LogP contribution in [0.2, 0.25) is 0 Å². The lowest BCUT2D eigenvalue weighted by molar-refractivity contribution is -0.132. The van der Waals surface area contributed by atoms with Gasteiger partial charge in [0.1, 0.15) is 6.54 Å². The lowest BCUT2D eigenvalue weighted by atomic mass is 10.2. The van der Waals surface area contributed by atoms with Gasteiger partial charge in [0, 0.05) is 37.6 Å². The number of rotatable bonds is 5. The molecule has 1 atom stereocenters. The van der Waals surface area contributed by atoms with Crippen molar-refractivity contribution in [2.24, 2.45) is 0 Å². The fraction of sp³-hybridized carbons (Fsp3) is 0.667. The van der Waals surface area contributed by atoms with Crippen LogP contribution in [0.4, 0.5) is 5.13 Å². The average molecular weight is 338 g/mol. The van der Waals surface area contributed by atoms with Crippen molar-refractivity contribution in [2.75, 3.05) is 51.3 Å².